The van der Waals surface area contributed by atoms with Gasteiger partial charge in [-0.3, -0.25) is 0 Å². The van der Waals surface area contributed by atoms with Crippen molar-refractivity contribution in [2.45, 2.75) is 37.1 Å². The fourth-order valence-electron chi connectivity index (χ4n) is 3.24. The fraction of sp³-hybridized carbons (Fsp3) is 0.348. The van der Waals surface area contributed by atoms with Crippen molar-refractivity contribution in [1.29, 1.82) is 0 Å². The lowest BCUT2D eigenvalue weighted by molar-refractivity contribution is -0.278. The molecule has 184 valence electrons. The molecule has 1 fully saturated rings. The van der Waals surface area contributed by atoms with E-state index in [0.29, 0.717) is 17.5 Å². The zero-order chi connectivity index (χ0) is 24.8. The van der Waals surface area contributed by atoms with E-state index in [4.69, 9.17) is 19.3 Å². The van der Waals surface area contributed by atoms with Crippen LogP contribution in [-0.2, 0) is 20.7 Å². The van der Waals surface area contributed by atoms with Gasteiger partial charge in [0, 0.05) is 12.7 Å². The minimum Gasteiger partial charge on any atom is -0.504 e. The maximum atomic E-state index is 12.0. The quantitative estimate of drug-likeness (QED) is 0.151. The smallest absolute Gasteiger partial charge is 0.330 e. The molecule has 0 radical (unpaired) electrons. The number of carbonyl (C=O) groups excluding carboxylic acids is 1. The van der Waals surface area contributed by atoms with E-state index >= 15 is 0 Å². The molecule has 7 N–H and O–H groups in total. The third-order valence-corrected chi connectivity index (χ3v) is 5.14. The van der Waals surface area contributed by atoms with Crippen molar-refractivity contribution in [3.05, 3.63) is 53.6 Å². The second-order valence-corrected chi connectivity index (χ2v) is 7.62. The second kappa shape index (κ2) is 11.2. The lowest BCUT2D eigenvalue weighted by atomic mass is 9.99. The molecule has 1 heterocycles. The molecule has 1 aliphatic heterocycles. The number of esters is 1. The van der Waals surface area contributed by atoms with E-state index in [1.165, 1.54) is 36.4 Å². The molecule has 11 heteroatoms. The first-order valence-electron chi connectivity index (χ1n) is 10.4. The highest BCUT2D eigenvalue weighted by molar-refractivity contribution is 5.87. The van der Waals surface area contributed by atoms with Crippen LogP contribution in [0.15, 0.2) is 42.5 Å². The molecule has 0 saturated carbocycles. The molecule has 5 atom stereocenters. The molecule has 3 rings (SSSR count). The number of hydrogen-bond donors (Lipinski definition) is 7. The van der Waals surface area contributed by atoms with E-state index in [2.05, 4.69) is 0 Å². The third-order valence-electron chi connectivity index (χ3n) is 5.14. The van der Waals surface area contributed by atoms with Gasteiger partial charge in [-0.1, -0.05) is 12.1 Å². The van der Waals surface area contributed by atoms with Crippen molar-refractivity contribution < 1.29 is 54.8 Å². The summed E-state index contributed by atoms with van der Waals surface area (Å²) in [5.74, 6) is -1.84. The van der Waals surface area contributed by atoms with Crippen LogP contribution >= 0.6 is 0 Å². The van der Waals surface area contributed by atoms with Crippen LogP contribution in [0.1, 0.15) is 11.1 Å². The number of hydrogen-bond acceptors (Lipinski definition) is 11. The second-order valence-electron chi connectivity index (χ2n) is 7.62. The molecule has 0 unspecified atom stereocenters. The lowest BCUT2D eigenvalue weighted by Crippen LogP contribution is -2.60. The van der Waals surface area contributed by atoms with Crippen LogP contribution < -0.4 is 4.74 Å². The average Bonchev–Trinajstić information content (AvgIpc) is 2.81. The van der Waals surface area contributed by atoms with Crippen molar-refractivity contribution >= 4 is 12.0 Å². The number of aliphatic hydroxyl groups excluding tert-OH is 4. The van der Waals surface area contributed by atoms with Crippen LogP contribution in [0.4, 0.5) is 0 Å². The molecule has 0 bridgehead atoms. The number of benzene rings is 2. The molecule has 2 aromatic rings. The van der Waals surface area contributed by atoms with Gasteiger partial charge < -0.3 is 50.0 Å². The molecule has 34 heavy (non-hydrogen) atoms. The Bertz CT molecular complexity index is 1020. The normalized spacial score (nSPS) is 24.8. The Morgan fingerprint density at radius 2 is 1.71 bits per heavy atom. The van der Waals surface area contributed by atoms with Crippen LogP contribution in [0.2, 0.25) is 0 Å². The minimum absolute atomic E-state index is 0.0647. The first-order valence-corrected chi connectivity index (χ1v) is 10.4. The Balaban J connectivity index is 1.61. The zero-order valence-corrected chi connectivity index (χ0v) is 17.9. The SMILES string of the molecule is O=C(C=Cc1ccc(O)c(O)c1)OC[C@@H]1O[C@@H](Oc2ccc(CCO)cc2O)[C@@H](O)[C@@H](O)[C@@H]1O. The molecule has 1 saturated heterocycles. The monoisotopic (exact) mass is 478 g/mol. The lowest BCUT2D eigenvalue weighted by Gasteiger charge is -2.39. The third kappa shape index (κ3) is 6.16. The van der Waals surface area contributed by atoms with Gasteiger partial charge in [0.2, 0.25) is 6.29 Å². The first-order chi connectivity index (χ1) is 16.2. The summed E-state index contributed by atoms with van der Waals surface area (Å²) in [5.41, 5.74) is 1.06. The van der Waals surface area contributed by atoms with Gasteiger partial charge in [-0.05, 0) is 47.9 Å². The van der Waals surface area contributed by atoms with Crippen LogP contribution in [0.5, 0.6) is 23.0 Å². The summed E-state index contributed by atoms with van der Waals surface area (Å²) in [4.78, 5) is 12.0. The van der Waals surface area contributed by atoms with E-state index in [-0.39, 0.29) is 29.6 Å². The van der Waals surface area contributed by atoms with E-state index in [1.807, 2.05) is 0 Å². The minimum atomic E-state index is -1.69. The highest BCUT2D eigenvalue weighted by Gasteiger charge is 2.45. The molecule has 0 aromatic heterocycles. The van der Waals surface area contributed by atoms with Gasteiger partial charge in [0.25, 0.3) is 0 Å². The highest BCUT2D eigenvalue weighted by atomic mass is 16.7. The highest BCUT2D eigenvalue weighted by Crippen LogP contribution is 2.31. The number of ether oxygens (including phenoxy) is 3. The number of aromatic hydroxyl groups is 3. The topological polar surface area (TPSA) is 186 Å². The standard InChI is InChI=1S/C23H26O11/c24-8-7-13-2-5-17(16(27)10-13)33-23-22(31)21(30)20(29)18(34-23)11-32-19(28)6-3-12-1-4-14(25)15(26)9-12/h1-6,9-10,18,20-27,29-31H,7-8,11H2/t18-,20+,21-,22-,23+/m0/s1. The van der Waals surface area contributed by atoms with Crippen molar-refractivity contribution in [2.24, 2.45) is 0 Å². The first kappa shape index (κ1) is 25.3. The molecule has 0 aliphatic carbocycles. The number of carbonyl (C=O) groups is 1. The molecular formula is C23H26O11. The summed E-state index contributed by atoms with van der Waals surface area (Å²) in [6.07, 6.45) is -5.01. The summed E-state index contributed by atoms with van der Waals surface area (Å²) in [7, 11) is 0. The summed E-state index contributed by atoms with van der Waals surface area (Å²) in [6.45, 7) is -0.600. The Kier molecular flexibility index (Phi) is 8.31. The molecular weight excluding hydrogens is 452 g/mol. The molecule has 0 spiro atoms. The number of aliphatic hydroxyl groups is 4. The zero-order valence-electron chi connectivity index (χ0n) is 17.9. The largest absolute Gasteiger partial charge is 0.504 e. The molecule has 2 aromatic carbocycles. The van der Waals surface area contributed by atoms with Crippen LogP contribution in [0.3, 0.4) is 0 Å². The Morgan fingerprint density at radius 1 is 0.941 bits per heavy atom. The maximum absolute atomic E-state index is 12.0. The Morgan fingerprint density at radius 3 is 2.38 bits per heavy atom. The molecule has 11 nitrogen and oxygen atoms in total. The van der Waals surface area contributed by atoms with E-state index in [9.17, 15) is 35.4 Å². The summed E-state index contributed by atoms with van der Waals surface area (Å²) < 4.78 is 16.0. The van der Waals surface area contributed by atoms with Crippen LogP contribution in [0, 0.1) is 0 Å². The van der Waals surface area contributed by atoms with Crippen LogP contribution in [-0.4, -0.2) is 85.6 Å². The predicted octanol–water partition coefficient (Wildman–Crippen LogP) is -0.219. The number of phenolic OH excluding ortho intramolecular Hbond substituents is 3. The number of phenols is 3. The summed E-state index contributed by atoms with van der Waals surface area (Å²) in [5, 5.41) is 68.5. The van der Waals surface area contributed by atoms with Crippen molar-refractivity contribution in [1.82, 2.24) is 0 Å². The summed E-state index contributed by atoms with van der Waals surface area (Å²) >= 11 is 0. The van der Waals surface area contributed by atoms with E-state index < -0.39 is 43.3 Å². The van der Waals surface area contributed by atoms with Gasteiger partial charge in [0.1, 0.15) is 31.0 Å². The molecule has 1 aliphatic rings. The molecule has 0 amide bonds. The van der Waals surface area contributed by atoms with Crippen molar-refractivity contribution in [2.75, 3.05) is 13.2 Å². The maximum Gasteiger partial charge on any atom is 0.330 e. The van der Waals surface area contributed by atoms with E-state index in [0.717, 1.165) is 6.08 Å². The van der Waals surface area contributed by atoms with Gasteiger partial charge in [-0.25, -0.2) is 4.79 Å². The average molecular weight is 478 g/mol. The van der Waals surface area contributed by atoms with Gasteiger partial charge in [-0.15, -0.1) is 0 Å². The predicted molar refractivity (Wildman–Crippen MR) is 116 cm³/mol. The number of rotatable bonds is 8. The van der Waals surface area contributed by atoms with E-state index in [1.54, 1.807) is 6.07 Å². The fourth-order valence-corrected chi connectivity index (χ4v) is 3.24. The summed E-state index contributed by atoms with van der Waals surface area (Å²) in [6, 6.07) is 8.29. The van der Waals surface area contributed by atoms with Gasteiger partial charge in [0.15, 0.2) is 23.0 Å². The van der Waals surface area contributed by atoms with Gasteiger partial charge in [0.05, 0.1) is 0 Å². The van der Waals surface area contributed by atoms with Gasteiger partial charge in [-0.2, -0.15) is 0 Å². The van der Waals surface area contributed by atoms with Gasteiger partial charge >= 0.3 is 5.97 Å². The van der Waals surface area contributed by atoms with Crippen LogP contribution in [0.25, 0.3) is 6.08 Å². The Hall–Kier alpha value is -3.35. The Labute approximate surface area is 194 Å². The van der Waals surface area contributed by atoms with Crippen molar-refractivity contribution in [3.63, 3.8) is 0 Å². The van der Waals surface area contributed by atoms with Crippen molar-refractivity contribution in [3.8, 4) is 23.0 Å².